The van der Waals surface area contributed by atoms with Gasteiger partial charge in [0.15, 0.2) is 0 Å². The molecule has 7 nitrogen and oxygen atoms in total. The van der Waals surface area contributed by atoms with Crippen molar-refractivity contribution in [3.63, 3.8) is 0 Å². The molecule has 20 heavy (non-hydrogen) atoms. The van der Waals surface area contributed by atoms with Gasteiger partial charge in [0.25, 0.3) is 0 Å². The number of carbonyl (C=O) groups is 2. The number of carboxylic acid groups (broad SMARTS) is 4. The number of halogens is 4. The lowest BCUT2D eigenvalue weighted by molar-refractivity contribution is -0.137. The third kappa shape index (κ3) is 18.4. The van der Waals surface area contributed by atoms with Crippen LogP contribution in [0.5, 0.6) is 0 Å². The molecule has 0 amide bonds. The number of hydrogen-bond donors (Lipinski definition) is 5. The first-order valence-corrected chi connectivity index (χ1v) is 4.92. The van der Waals surface area contributed by atoms with E-state index in [1.165, 1.54) is 6.07 Å². The van der Waals surface area contributed by atoms with E-state index in [0.29, 0.717) is 4.47 Å². The van der Waals surface area contributed by atoms with E-state index in [1.54, 1.807) is 6.07 Å². The molecule has 0 aliphatic rings. The highest BCUT2D eigenvalue weighted by Crippen LogP contribution is 2.30. The van der Waals surface area contributed by atoms with Crippen LogP contribution in [-0.4, -0.2) is 32.7 Å². The first-order chi connectivity index (χ1) is 8.46. The van der Waals surface area contributed by atoms with Crippen LogP contribution in [0, 0.1) is 0 Å². The van der Waals surface area contributed by atoms with E-state index in [-0.39, 0.29) is 6.15 Å². The van der Waals surface area contributed by atoms with E-state index < -0.39 is 24.1 Å². The van der Waals surface area contributed by atoms with Gasteiger partial charge in [-0.15, -0.1) is 0 Å². The topological polar surface area (TPSA) is 150 Å². The highest BCUT2D eigenvalue weighted by atomic mass is 79.9. The van der Waals surface area contributed by atoms with Gasteiger partial charge >= 0.3 is 18.5 Å². The van der Waals surface area contributed by atoms with Gasteiger partial charge < -0.3 is 26.6 Å². The Kier molecular flexibility index (Phi) is 12.6. The summed E-state index contributed by atoms with van der Waals surface area (Å²) in [5.74, 6) is 0. The predicted octanol–water partition coefficient (Wildman–Crippen LogP) is 4.07. The molecule has 116 valence electrons. The van der Waals surface area contributed by atoms with E-state index in [1.807, 2.05) is 0 Å². The Morgan fingerprint density at radius 3 is 1.55 bits per heavy atom. The molecule has 11 heteroatoms. The molecule has 0 bridgehead atoms. The minimum atomic E-state index is -4.25. The Morgan fingerprint density at radius 1 is 1.00 bits per heavy atom. The number of alkyl halides is 3. The van der Waals surface area contributed by atoms with Crippen LogP contribution in [0.3, 0.4) is 0 Å². The van der Waals surface area contributed by atoms with Gasteiger partial charge in [0.2, 0.25) is 0 Å². The quantitative estimate of drug-likeness (QED) is 0.464. The summed E-state index contributed by atoms with van der Waals surface area (Å²) >= 11 is 2.95. The average Bonchev–Trinajstić information content (AvgIpc) is 2.14. The molecule has 0 aromatic heterocycles. The molecule has 0 heterocycles. The summed E-state index contributed by atoms with van der Waals surface area (Å²) in [6, 6.07) is 4.98. The smallest absolute Gasteiger partial charge is 0.450 e. The Labute approximate surface area is 119 Å². The molecule has 0 radical (unpaired) electrons. The zero-order chi connectivity index (χ0) is 15.6. The van der Waals surface area contributed by atoms with Crippen molar-refractivity contribution in [1.29, 1.82) is 0 Å². The Balaban J connectivity index is -0.000000272. The van der Waals surface area contributed by atoms with Crippen molar-refractivity contribution in [2.24, 2.45) is 0 Å². The molecule has 0 spiro atoms. The number of rotatable bonds is 0. The minimum absolute atomic E-state index is 0. The van der Waals surface area contributed by atoms with Crippen LogP contribution in [-0.2, 0) is 6.18 Å². The van der Waals surface area contributed by atoms with Crippen LogP contribution in [0.15, 0.2) is 28.7 Å². The Morgan fingerprint density at radius 2 is 1.35 bits per heavy atom. The van der Waals surface area contributed by atoms with Crippen molar-refractivity contribution >= 4 is 28.2 Å². The largest absolute Gasteiger partial charge is 0.503 e. The lowest BCUT2D eigenvalue weighted by atomic mass is 10.2. The third-order valence-electron chi connectivity index (χ3n) is 1.15. The summed E-state index contributed by atoms with van der Waals surface area (Å²) in [5, 5.41) is 27.9. The number of hydrogen-bond acceptors (Lipinski definition) is 3. The molecule has 0 aliphatic carbocycles. The van der Waals surface area contributed by atoms with Gasteiger partial charge in [-0.25, -0.2) is 9.59 Å². The van der Waals surface area contributed by atoms with Crippen LogP contribution >= 0.6 is 15.9 Å². The molecule has 1 aromatic rings. The van der Waals surface area contributed by atoms with E-state index in [0.717, 1.165) is 12.1 Å². The second kappa shape index (κ2) is 10.9. The molecule has 0 fully saturated rings. The van der Waals surface area contributed by atoms with E-state index in [9.17, 15) is 13.2 Å². The fraction of sp³-hybridized carbons (Fsp3) is 0.111. The van der Waals surface area contributed by atoms with Gasteiger partial charge in [-0.1, -0.05) is 22.0 Å². The van der Waals surface area contributed by atoms with Gasteiger partial charge in [0.05, 0.1) is 5.56 Å². The molecule has 0 saturated heterocycles. The third-order valence-corrected chi connectivity index (χ3v) is 1.65. The molecule has 1 aromatic carbocycles. The second-order valence-corrected chi connectivity index (χ2v) is 3.49. The van der Waals surface area contributed by atoms with E-state index in [2.05, 4.69) is 15.9 Å². The average molecular weight is 366 g/mol. The molecule has 0 atom stereocenters. The zero-order valence-corrected chi connectivity index (χ0v) is 11.2. The van der Waals surface area contributed by atoms with Gasteiger partial charge in [0, 0.05) is 4.47 Å². The molecular formula is C9H11BrF3NO6. The molecule has 1 rings (SSSR count). The highest BCUT2D eigenvalue weighted by Gasteiger charge is 2.30. The first-order valence-electron chi connectivity index (χ1n) is 4.13. The van der Waals surface area contributed by atoms with Crippen LogP contribution in [0.2, 0.25) is 0 Å². The number of benzene rings is 1. The van der Waals surface area contributed by atoms with Crippen molar-refractivity contribution in [2.45, 2.75) is 6.18 Å². The van der Waals surface area contributed by atoms with E-state index in [4.69, 9.17) is 30.0 Å². The molecule has 7 N–H and O–H groups in total. The summed E-state index contributed by atoms with van der Waals surface area (Å²) in [5.41, 5.74) is -0.633. The van der Waals surface area contributed by atoms with Crippen molar-refractivity contribution in [2.75, 3.05) is 0 Å². The maximum atomic E-state index is 11.9. The van der Waals surface area contributed by atoms with Crippen molar-refractivity contribution in [3.8, 4) is 0 Å². The van der Waals surface area contributed by atoms with Crippen LogP contribution in [0.1, 0.15) is 5.56 Å². The highest BCUT2D eigenvalue weighted by molar-refractivity contribution is 9.10. The van der Waals surface area contributed by atoms with Crippen LogP contribution in [0.4, 0.5) is 22.8 Å². The first kappa shape index (κ1) is 23.1. The van der Waals surface area contributed by atoms with Gasteiger partial charge in [-0.3, -0.25) is 0 Å². The molecular weight excluding hydrogens is 355 g/mol. The van der Waals surface area contributed by atoms with Crippen molar-refractivity contribution < 1.29 is 43.2 Å². The van der Waals surface area contributed by atoms with Gasteiger partial charge in [-0.2, -0.15) is 13.2 Å². The Hall–Kier alpha value is -2.01. The van der Waals surface area contributed by atoms with Gasteiger partial charge in [0.1, 0.15) is 0 Å². The molecule has 0 saturated carbocycles. The summed E-state index contributed by atoms with van der Waals surface area (Å²) in [6.07, 6.45) is -7.91. The standard InChI is InChI=1S/C7H4BrF3.2CH2O3.H3N/c8-6-3-1-2-5(4-6)7(9,10)11;2*2-1(3)4;/h1-4H;2*(H2,2,3,4);1H3. The Bertz CT molecular complexity index is 406. The van der Waals surface area contributed by atoms with E-state index >= 15 is 0 Å². The summed E-state index contributed by atoms with van der Waals surface area (Å²) in [7, 11) is 0. The zero-order valence-electron chi connectivity index (χ0n) is 9.63. The van der Waals surface area contributed by atoms with Crippen LogP contribution < -0.4 is 6.15 Å². The summed E-state index contributed by atoms with van der Waals surface area (Å²) in [6.45, 7) is 0. The fourth-order valence-electron chi connectivity index (χ4n) is 0.665. The van der Waals surface area contributed by atoms with Crippen molar-refractivity contribution in [3.05, 3.63) is 34.3 Å². The predicted molar refractivity (Wildman–Crippen MR) is 65.5 cm³/mol. The maximum absolute atomic E-state index is 11.9. The second-order valence-electron chi connectivity index (χ2n) is 2.57. The SMILES string of the molecule is FC(F)(F)c1cccc(Br)c1.N.O=C(O)O.O=C(O)O. The molecule has 0 aliphatic heterocycles. The van der Waals surface area contributed by atoms with Crippen LogP contribution in [0.25, 0.3) is 0 Å². The molecule has 0 unspecified atom stereocenters. The minimum Gasteiger partial charge on any atom is -0.450 e. The van der Waals surface area contributed by atoms with Gasteiger partial charge in [-0.05, 0) is 18.2 Å². The summed E-state index contributed by atoms with van der Waals surface area (Å²) in [4.78, 5) is 17.1. The maximum Gasteiger partial charge on any atom is 0.503 e. The normalized spacial score (nSPS) is 8.80. The lowest BCUT2D eigenvalue weighted by Crippen LogP contribution is -2.03. The fourth-order valence-corrected chi connectivity index (χ4v) is 1.06. The monoisotopic (exact) mass is 365 g/mol. The lowest BCUT2D eigenvalue weighted by Gasteiger charge is -2.05. The summed E-state index contributed by atoms with van der Waals surface area (Å²) < 4.78 is 36.3. The van der Waals surface area contributed by atoms with Crippen molar-refractivity contribution in [1.82, 2.24) is 6.15 Å².